The Kier molecular flexibility index (Phi) is 6.53. The maximum absolute atomic E-state index is 12.0. The molecule has 1 radical (unpaired) electrons. The number of carbonyl (C=O) groups excluding carboxylic acids is 1. The predicted octanol–water partition coefficient (Wildman–Crippen LogP) is 3.46. The molecule has 0 heterocycles. The normalized spacial score (nSPS) is 10.5. The number of hydrogen-bond acceptors (Lipinski definition) is 2. The van der Waals surface area contributed by atoms with Crippen LogP contribution in [0.15, 0.2) is 91.0 Å². The van der Waals surface area contributed by atoms with Gasteiger partial charge in [-0.05, 0) is 36.4 Å². The van der Waals surface area contributed by atoms with Gasteiger partial charge >= 0.3 is 5.97 Å². The minimum atomic E-state index is -2.46. The molecule has 125 valence electrons. The van der Waals surface area contributed by atoms with Crippen molar-refractivity contribution in [1.29, 1.82) is 0 Å². The molecule has 0 aliphatic heterocycles. The molecule has 0 spiro atoms. The van der Waals surface area contributed by atoms with E-state index in [0.717, 1.165) is 15.9 Å². The zero-order chi connectivity index (χ0) is 16.1. The average molecular weight is 518 g/mol. The van der Waals surface area contributed by atoms with Crippen molar-refractivity contribution >= 4 is 29.4 Å². The van der Waals surface area contributed by atoms with Crippen LogP contribution < -0.4 is 15.9 Å². The topological polar surface area (TPSA) is 26.3 Å². The fourth-order valence-corrected chi connectivity index (χ4v) is 6.08. The molecular weight excluding hydrogens is 500 g/mol. The van der Waals surface area contributed by atoms with Gasteiger partial charge in [-0.1, -0.05) is 54.6 Å². The van der Waals surface area contributed by atoms with Crippen LogP contribution in [0, 0.1) is 0 Å². The third kappa shape index (κ3) is 3.68. The fourth-order valence-electron chi connectivity index (χ4n) is 2.71. The second-order valence-electron chi connectivity index (χ2n) is 5.20. The SMILES string of the molecule is CC(=O)O[P+](c1ccccc1)(c1ccccc1)c1ccccc1.[Au]. The van der Waals surface area contributed by atoms with Crippen molar-refractivity contribution < 1.29 is 31.7 Å². The van der Waals surface area contributed by atoms with Crippen molar-refractivity contribution in [2.24, 2.45) is 0 Å². The Bertz CT molecular complexity index is 680. The van der Waals surface area contributed by atoms with E-state index in [1.54, 1.807) is 0 Å². The second-order valence-corrected chi connectivity index (χ2v) is 8.15. The van der Waals surface area contributed by atoms with Gasteiger partial charge < -0.3 is 0 Å². The molecule has 0 N–H and O–H groups in total. The summed E-state index contributed by atoms with van der Waals surface area (Å²) in [6, 6.07) is 30.1. The summed E-state index contributed by atoms with van der Waals surface area (Å²) in [7, 11) is -2.46. The molecule has 0 aromatic heterocycles. The molecule has 0 saturated heterocycles. The van der Waals surface area contributed by atoms with Crippen molar-refractivity contribution in [1.82, 2.24) is 0 Å². The maximum Gasteiger partial charge on any atom is 0.348 e. The third-order valence-corrected chi connectivity index (χ3v) is 7.23. The summed E-state index contributed by atoms with van der Waals surface area (Å²) in [5.41, 5.74) is 0. The van der Waals surface area contributed by atoms with E-state index in [0.29, 0.717) is 0 Å². The van der Waals surface area contributed by atoms with Crippen molar-refractivity contribution in [3.63, 3.8) is 0 Å². The number of rotatable bonds is 4. The number of benzene rings is 3. The van der Waals surface area contributed by atoms with Crippen LogP contribution in [0.3, 0.4) is 0 Å². The Hall–Kier alpha value is -1.70. The standard InChI is InChI=1S/C20H18O2P.Au/c1-17(21)22-23(18-11-5-2-6-12-18,19-13-7-3-8-14-19)20-15-9-4-10-16-20;/h2-16H,1H3;/q+1;. The molecule has 0 amide bonds. The summed E-state index contributed by atoms with van der Waals surface area (Å²) in [5, 5.41) is 3.10. The summed E-state index contributed by atoms with van der Waals surface area (Å²) < 4.78 is 6.07. The van der Waals surface area contributed by atoms with Gasteiger partial charge in [0.2, 0.25) is 0 Å². The van der Waals surface area contributed by atoms with Gasteiger partial charge in [0, 0.05) is 29.3 Å². The Labute approximate surface area is 158 Å². The van der Waals surface area contributed by atoms with Crippen molar-refractivity contribution in [3.8, 4) is 0 Å². The van der Waals surface area contributed by atoms with Crippen LogP contribution in [0.2, 0.25) is 0 Å². The molecule has 0 unspecified atom stereocenters. The monoisotopic (exact) mass is 518 g/mol. The third-order valence-electron chi connectivity index (χ3n) is 3.62. The molecule has 0 aliphatic rings. The summed E-state index contributed by atoms with van der Waals surface area (Å²) in [5.74, 6) is -0.269. The van der Waals surface area contributed by atoms with E-state index in [-0.39, 0.29) is 28.3 Å². The van der Waals surface area contributed by atoms with E-state index >= 15 is 0 Å². The van der Waals surface area contributed by atoms with Gasteiger partial charge in [0.05, 0.1) is 0 Å². The van der Waals surface area contributed by atoms with Crippen LogP contribution in [0.5, 0.6) is 0 Å². The molecule has 3 rings (SSSR count). The quantitative estimate of drug-likeness (QED) is 0.391. The van der Waals surface area contributed by atoms with Crippen LogP contribution in [0.1, 0.15) is 6.92 Å². The average Bonchev–Trinajstić information content (AvgIpc) is 2.62. The van der Waals surface area contributed by atoms with E-state index in [4.69, 9.17) is 4.52 Å². The fraction of sp³-hybridized carbons (Fsp3) is 0.0500. The first-order chi connectivity index (χ1) is 11.2. The van der Waals surface area contributed by atoms with Crippen LogP contribution in [0.25, 0.3) is 0 Å². The first-order valence-electron chi connectivity index (χ1n) is 7.49. The Morgan fingerprint density at radius 2 is 0.958 bits per heavy atom. The molecule has 0 fully saturated rings. The molecule has 0 bridgehead atoms. The van der Waals surface area contributed by atoms with Crippen LogP contribution >= 0.6 is 7.49 Å². The molecule has 0 atom stereocenters. The zero-order valence-electron chi connectivity index (χ0n) is 13.2. The first-order valence-corrected chi connectivity index (χ1v) is 9.20. The summed E-state index contributed by atoms with van der Waals surface area (Å²) in [4.78, 5) is 12.0. The summed E-state index contributed by atoms with van der Waals surface area (Å²) in [6.07, 6.45) is 0. The van der Waals surface area contributed by atoms with Gasteiger partial charge in [0.1, 0.15) is 15.9 Å². The van der Waals surface area contributed by atoms with Gasteiger partial charge in [-0.2, -0.15) is 0 Å². The molecule has 3 aromatic carbocycles. The Balaban J connectivity index is 0.00000208. The first kappa shape index (κ1) is 18.6. The Morgan fingerprint density at radius 3 is 1.21 bits per heavy atom. The molecular formula is C20H18AuO2P+. The van der Waals surface area contributed by atoms with Crippen molar-refractivity contribution in [2.75, 3.05) is 0 Å². The van der Waals surface area contributed by atoms with Gasteiger partial charge in [-0.15, -0.1) is 0 Å². The summed E-state index contributed by atoms with van der Waals surface area (Å²) in [6.45, 7) is 1.48. The minimum absolute atomic E-state index is 0. The van der Waals surface area contributed by atoms with Crippen molar-refractivity contribution in [3.05, 3.63) is 91.0 Å². The van der Waals surface area contributed by atoms with Gasteiger partial charge in [-0.3, -0.25) is 4.52 Å². The molecule has 2 nitrogen and oxygen atoms in total. The second kappa shape index (κ2) is 8.41. The molecule has 24 heavy (non-hydrogen) atoms. The van der Waals surface area contributed by atoms with Crippen LogP contribution in [0.4, 0.5) is 0 Å². The largest absolute Gasteiger partial charge is 0.348 e. The van der Waals surface area contributed by atoms with Crippen LogP contribution in [-0.4, -0.2) is 5.97 Å². The van der Waals surface area contributed by atoms with Crippen LogP contribution in [-0.2, 0) is 31.7 Å². The summed E-state index contributed by atoms with van der Waals surface area (Å²) >= 11 is 0. The molecule has 4 heteroatoms. The smallest absolute Gasteiger partial charge is 0.297 e. The minimum Gasteiger partial charge on any atom is -0.297 e. The number of hydrogen-bond donors (Lipinski definition) is 0. The molecule has 3 aromatic rings. The zero-order valence-corrected chi connectivity index (χ0v) is 16.3. The van der Waals surface area contributed by atoms with Crippen molar-refractivity contribution in [2.45, 2.75) is 6.92 Å². The predicted molar refractivity (Wildman–Crippen MR) is 96.9 cm³/mol. The molecule has 0 saturated carbocycles. The number of carbonyl (C=O) groups is 1. The van der Waals surface area contributed by atoms with Gasteiger partial charge in [-0.25, -0.2) is 4.79 Å². The van der Waals surface area contributed by atoms with E-state index in [9.17, 15) is 4.79 Å². The van der Waals surface area contributed by atoms with Gasteiger partial charge in [0.15, 0.2) is 0 Å². The maximum atomic E-state index is 12.0. The van der Waals surface area contributed by atoms with Gasteiger partial charge in [0.25, 0.3) is 7.49 Å². The molecule has 0 aliphatic carbocycles. The van der Waals surface area contributed by atoms with E-state index in [1.165, 1.54) is 6.92 Å². The van der Waals surface area contributed by atoms with E-state index in [2.05, 4.69) is 0 Å². The van der Waals surface area contributed by atoms with E-state index < -0.39 is 7.49 Å². The van der Waals surface area contributed by atoms with E-state index in [1.807, 2.05) is 91.0 Å². The Morgan fingerprint density at radius 1 is 0.667 bits per heavy atom.